The van der Waals surface area contributed by atoms with Crippen LogP contribution < -0.4 is 5.32 Å². The average molecular weight is 355 g/mol. The molecule has 3 rings (SSSR count). The van der Waals surface area contributed by atoms with Gasteiger partial charge >= 0.3 is 0 Å². The van der Waals surface area contributed by atoms with Crippen LogP contribution in [0.5, 0.6) is 0 Å². The highest BCUT2D eigenvalue weighted by Gasteiger charge is 2.23. The van der Waals surface area contributed by atoms with Gasteiger partial charge in [-0.05, 0) is 44.0 Å². The summed E-state index contributed by atoms with van der Waals surface area (Å²) in [5.74, 6) is -0.462. The van der Waals surface area contributed by atoms with Gasteiger partial charge in [-0.3, -0.25) is 4.79 Å². The molecule has 0 spiro atoms. The zero-order valence-corrected chi connectivity index (χ0v) is 14.6. The summed E-state index contributed by atoms with van der Waals surface area (Å²) >= 11 is 7.55. The highest BCUT2D eigenvalue weighted by atomic mass is 35.5. The largest absolute Gasteiger partial charge is 0.348 e. The van der Waals surface area contributed by atoms with E-state index >= 15 is 0 Å². The summed E-state index contributed by atoms with van der Waals surface area (Å²) in [7, 11) is 0. The Labute approximate surface area is 144 Å². The van der Waals surface area contributed by atoms with Gasteiger partial charge < -0.3 is 10.2 Å². The smallest absolute Gasteiger partial charge is 0.263 e. The Kier molecular flexibility index (Phi) is 5.19. The number of carbonyl (C=O) groups excluding carboxylic acids is 1. The van der Waals surface area contributed by atoms with Crippen LogP contribution in [0.15, 0.2) is 18.2 Å². The number of amides is 1. The fraction of sp³-hybridized carbons (Fsp3) is 0.471. The molecule has 1 amide bonds. The van der Waals surface area contributed by atoms with E-state index in [9.17, 15) is 9.18 Å². The Balaban J connectivity index is 1.68. The number of fused-ring (bicyclic) bond motifs is 1. The van der Waals surface area contributed by atoms with Crippen molar-refractivity contribution >= 4 is 38.9 Å². The molecule has 1 aromatic carbocycles. The van der Waals surface area contributed by atoms with Gasteiger partial charge in [-0.1, -0.05) is 18.5 Å². The Hall–Kier alpha value is -1.17. The Morgan fingerprint density at radius 2 is 2.17 bits per heavy atom. The fourth-order valence-electron chi connectivity index (χ4n) is 3.05. The van der Waals surface area contributed by atoms with Gasteiger partial charge in [-0.15, -0.1) is 11.3 Å². The van der Waals surface area contributed by atoms with Gasteiger partial charge in [0.1, 0.15) is 10.7 Å². The molecule has 0 saturated carbocycles. The number of nitrogens with one attached hydrogen (secondary N) is 1. The van der Waals surface area contributed by atoms with Crippen LogP contribution in [0.1, 0.15) is 35.9 Å². The minimum Gasteiger partial charge on any atom is -0.348 e. The van der Waals surface area contributed by atoms with Crippen molar-refractivity contribution in [1.82, 2.24) is 10.2 Å². The molecule has 3 nitrogen and oxygen atoms in total. The second-order valence-corrected chi connectivity index (χ2v) is 7.41. The molecule has 23 heavy (non-hydrogen) atoms. The molecule has 1 fully saturated rings. The quantitative estimate of drug-likeness (QED) is 0.887. The molecule has 1 aliphatic heterocycles. The molecule has 0 unspecified atom stereocenters. The standard InChI is InChI=1S/C17H20ClFN2OS/c1-2-7-21-8-5-12(6-9-21)20-17(22)16-15(18)13-4-3-11(19)10-14(13)23-16/h3-4,10,12H,2,5-9H2,1H3,(H,20,22). The van der Waals surface area contributed by atoms with Gasteiger partial charge in [0.2, 0.25) is 0 Å². The van der Waals surface area contributed by atoms with E-state index in [0.717, 1.165) is 44.3 Å². The van der Waals surface area contributed by atoms with E-state index in [1.165, 1.54) is 23.5 Å². The van der Waals surface area contributed by atoms with Crippen molar-refractivity contribution in [3.05, 3.63) is 33.9 Å². The summed E-state index contributed by atoms with van der Waals surface area (Å²) < 4.78 is 14.0. The molecule has 2 aromatic rings. The van der Waals surface area contributed by atoms with E-state index < -0.39 is 0 Å². The van der Waals surface area contributed by atoms with E-state index in [-0.39, 0.29) is 17.8 Å². The Bertz CT molecular complexity index is 710. The van der Waals surface area contributed by atoms with Gasteiger partial charge in [-0.25, -0.2) is 4.39 Å². The number of rotatable bonds is 4. The summed E-state index contributed by atoms with van der Waals surface area (Å²) in [6.45, 7) is 5.34. The van der Waals surface area contributed by atoms with Crippen LogP contribution in [-0.2, 0) is 0 Å². The lowest BCUT2D eigenvalue weighted by atomic mass is 10.0. The minimum absolute atomic E-state index is 0.148. The first kappa shape index (κ1) is 16.7. The molecule has 1 saturated heterocycles. The van der Waals surface area contributed by atoms with E-state index in [0.29, 0.717) is 14.6 Å². The number of nitrogens with zero attached hydrogens (tertiary/aromatic N) is 1. The topological polar surface area (TPSA) is 32.3 Å². The Morgan fingerprint density at radius 3 is 2.87 bits per heavy atom. The molecular weight excluding hydrogens is 335 g/mol. The van der Waals surface area contributed by atoms with Crippen LogP contribution in [0.2, 0.25) is 5.02 Å². The summed E-state index contributed by atoms with van der Waals surface area (Å²) in [6, 6.07) is 4.61. The zero-order chi connectivity index (χ0) is 16.4. The molecule has 0 radical (unpaired) electrons. The Morgan fingerprint density at radius 1 is 1.43 bits per heavy atom. The number of likely N-dealkylation sites (tertiary alicyclic amines) is 1. The maximum Gasteiger partial charge on any atom is 0.263 e. The second kappa shape index (κ2) is 7.16. The number of halogens is 2. The van der Waals surface area contributed by atoms with Crippen LogP contribution in [0, 0.1) is 5.82 Å². The molecule has 1 N–H and O–H groups in total. The third-order valence-electron chi connectivity index (χ3n) is 4.26. The number of thiophene rings is 1. The highest BCUT2D eigenvalue weighted by Crippen LogP contribution is 2.35. The maximum atomic E-state index is 13.3. The van der Waals surface area contributed by atoms with Crippen LogP contribution in [0.25, 0.3) is 10.1 Å². The van der Waals surface area contributed by atoms with E-state index in [1.54, 1.807) is 6.07 Å². The van der Waals surface area contributed by atoms with Crippen molar-refractivity contribution < 1.29 is 9.18 Å². The number of hydrogen-bond donors (Lipinski definition) is 1. The van der Waals surface area contributed by atoms with Crippen molar-refractivity contribution in [1.29, 1.82) is 0 Å². The monoisotopic (exact) mass is 354 g/mol. The highest BCUT2D eigenvalue weighted by molar-refractivity contribution is 7.21. The SMILES string of the molecule is CCCN1CCC(NC(=O)c2sc3cc(F)ccc3c2Cl)CC1. The van der Waals surface area contributed by atoms with Crippen LogP contribution >= 0.6 is 22.9 Å². The molecule has 124 valence electrons. The van der Waals surface area contributed by atoms with E-state index in [1.807, 2.05) is 0 Å². The van der Waals surface area contributed by atoms with Gasteiger partial charge in [0.25, 0.3) is 5.91 Å². The third kappa shape index (κ3) is 3.67. The molecule has 1 aliphatic rings. The van der Waals surface area contributed by atoms with E-state index in [2.05, 4.69) is 17.1 Å². The predicted molar refractivity (Wildman–Crippen MR) is 94.0 cm³/mol. The second-order valence-electron chi connectivity index (χ2n) is 5.98. The fourth-order valence-corrected chi connectivity index (χ4v) is 4.50. The summed E-state index contributed by atoms with van der Waals surface area (Å²) in [5, 5.41) is 4.24. The lowest BCUT2D eigenvalue weighted by Gasteiger charge is -2.32. The number of benzene rings is 1. The summed E-state index contributed by atoms with van der Waals surface area (Å²) in [4.78, 5) is 15.4. The van der Waals surface area contributed by atoms with Gasteiger partial charge in [-0.2, -0.15) is 0 Å². The first-order chi connectivity index (χ1) is 11.1. The average Bonchev–Trinajstić information content (AvgIpc) is 2.86. The molecule has 2 heterocycles. The molecular formula is C17H20ClFN2OS. The van der Waals surface area contributed by atoms with Gasteiger partial charge in [0.15, 0.2) is 0 Å². The molecule has 0 atom stereocenters. The summed E-state index contributed by atoms with van der Waals surface area (Å²) in [6.07, 6.45) is 3.08. The maximum absolute atomic E-state index is 13.3. The lowest BCUT2D eigenvalue weighted by Crippen LogP contribution is -2.44. The molecule has 6 heteroatoms. The van der Waals surface area contributed by atoms with E-state index in [4.69, 9.17) is 11.6 Å². The van der Waals surface area contributed by atoms with Crippen LogP contribution in [0.4, 0.5) is 4.39 Å². The number of hydrogen-bond acceptors (Lipinski definition) is 3. The molecule has 1 aromatic heterocycles. The first-order valence-corrected chi connectivity index (χ1v) is 9.18. The number of carbonyl (C=O) groups is 1. The first-order valence-electron chi connectivity index (χ1n) is 7.99. The predicted octanol–water partition coefficient (Wildman–Crippen LogP) is 4.30. The normalized spacial score (nSPS) is 16.8. The van der Waals surface area contributed by atoms with Crippen LogP contribution in [-0.4, -0.2) is 36.5 Å². The van der Waals surface area contributed by atoms with Crippen molar-refractivity contribution in [2.24, 2.45) is 0 Å². The third-order valence-corrected chi connectivity index (χ3v) is 5.92. The summed E-state index contributed by atoms with van der Waals surface area (Å²) in [5.41, 5.74) is 0. The molecule has 0 bridgehead atoms. The lowest BCUT2D eigenvalue weighted by molar-refractivity contribution is 0.0915. The van der Waals surface area contributed by atoms with Crippen molar-refractivity contribution in [3.63, 3.8) is 0 Å². The number of piperidine rings is 1. The zero-order valence-electron chi connectivity index (χ0n) is 13.1. The van der Waals surface area contributed by atoms with Crippen molar-refractivity contribution in [2.75, 3.05) is 19.6 Å². The van der Waals surface area contributed by atoms with Gasteiger partial charge in [0.05, 0.1) is 5.02 Å². The minimum atomic E-state index is -0.314. The van der Waals surface area contributed by atoms with Crippen molar-refractivity contribution in [3.8, 4) is 0 Å². The van der Waals surface area contributed by atoms with Crippen molar-refractivity contribution in [2.45, 2.75) is 32.2 Å². The van der Waals surface area contributed by atoms with Crippen LogP contribution in [0.3, 0.4) is 0 Å². The molecule has 0 aliphatic carbocycles. The van der Waals surface area contributed by atoms with Gasteiger partial charge in [0, 0.05) is 29.2 Å².